The first-order chi connectivity index (χ1) is 9.25. The number of hydrogen-bond acceptors (Lipinski definition) is 4. The Hall–Kier alpha value is -1.23. The normalized spacial score (nSPS) is 11.0. The molecule has 0 aliphatic rings. The lowest BCUT2D eigenvalue weighted by Crippen LogP contribution is -1.91. The van der Waals surface area contributed by atoms with Crippen LogP contribution in [0.5, 0.6) is 0 Å². The Morgan fingerprint density at radius 2 is 2.05 bits per heavy atom. The number of aromatic nitrogens is 1. The number of hydrogen-bond donors (Lipinski definition) is 1. The average molecular weight is 307 g/mol. The highest BCUT2D eigenvalue weighted by Gasteiger charge is 2.08. The molecule has 0 saturated carbocycles. The molecule has 0 aliphatic carbocycles. The van der Waals surface area contributed by atoms with Crippen LogP contribution in [0.15, 0.2) is 46.8 Å². The van der Waals surface area contributed by atoms with Gasteiger partial charge in [-0.15, -0.1) is 23.1 Å². The van der Waals surface area contributed by atoms with Crippen molar-refractivity contribution in [2.24, 2.45) is 0 Å². The molecule has 1 aromatic heterocycles. The van der Waals surface area contributed by atoms with E-state index in [1.807, 2.05) is 29.8 Å². The lowest BCUT2D eigenvalue weighted by molar-refractivity contribution is 1.38. The van der Waals surface area contributed by atoms with Crippen molar-refractivity contribution in [2.45, 2.75) is 10.6 Å². The molecule has 0 fully saturated rings. The van der Waals surface area contributed by atoms with Gasteiger partial charge in [-0.3, -0.25) is 0 Å². The van der Waals surface area contributed by atoms with Crippen molar-refractivity contribution in [1.82, 2.24) is 4.98 Å². The van der Waals surface area contributed by atoms with Crippen LogP contribution in [-0.2, 0) is 5.75 Å². The molecule has 2 aromatic carbocycles. The van der Waals surface area contributed by atoms with Gasteiger partial charge in [0.05, 0.1) is 15.9 Å². The van der Waals surface area contributed by atoms with Gasteiger partial charge in [0.25, 0.3) is 0 Å². The van der Waals surface area contributed by atoms with E-state index in [9.17, 15) is 0 Å². The Morgan fingerprint density at radius 3 is 2.89 bits per heavy atom. The van der Waals surface area contributed by atoms with Crippen molar-refractivity contribution in [2.75, 3.05) is 5.73 Å². The third-order valence-corrected chi connectivity index (χ3v) is 5.13. The lowest BCUT2D eigenvalue weighted by Gasteiger charge is -2.07. The third-order valence-electron chi connectivity index (χ3n) is 2.84. The van der Waals surface area contributed by atoms with Crippen LogP contribution >= 0.6 is 34.7 Å². The number of nitrogen functional groups attached to an aromatic ring is 1. The molecule has 0 unspecified atom stereocenters. The first kappa shape index (κ1) is 12.8. The molecule has 0 spiro atoms. The number of anilines is 1. The van der Waals surface area contributed by atoms with E-state index < -0.39 is 0 Å². The first-order valence-electron chi connectivity index (χ1n) is 5.73. The van der Waals surface area contributed by atoms with E-state index in [1.54, 1.807) is 23.1 Å². The van der Waals surface area contributed by atoms with Crippen molar-refractivity contribution < 1.29 is 0 Å². The van der Waals surface area contributed by atoms with Crippen molar-refractivity contribution in [3.8, 4) is 0 Å². The van der Waals surface area contributed by atoms with Crippen molar-refractivity contribution in [3.63, 3.8) is 0 Å². The highest BCUT2D eigenvalue weighted by Crippen LogP contribution is 2.35. The van der Waals surface area contributed by atoms with E-state index in [2.05, 4.69) is 17.1 Å². The Bertz CT molecular complexity index is 724. The summed E-state index contributed by atoms with van der Waals surface area (Å²) in [6, 6.07) is 12.0. The molecule has 3 aromatic rings. The zero-order chi connectivity index (χ0) is 13.2. The predicted octanol–water partition coefficient (Wildman–Crippen LogP) is 4.82. The second-order valence-corrected chi connectivity index (χ2v) is 6.37. The summed E-state index contributed by atoms with van der Waals surface area (Å²) in [6.07, 6.45) is 0. The van der Waals surface area contributed by atoms with Crippen LogP contribution in [0.25, 0.3) is 10.2 Å². The highest BCUT2D eigenvalue weighted by molar-refractivity contribution is 7.98. The molecular weight excluding hydrogens is 296 g/mol. The number of halogens is 1. The minimum absolute atomic E-state index is 0.760. The van der Waals surface area contributed by atoms with Gasteiger partial charge in [0.1, 0.15) is 5.52 Å². The number of rotatable bonds is 3. The molecule has 96 valence electrons. The maximum Gasteiger partial charge on any atom is 0.105 e. The largest absolute Gasteiger partial charge is 0.396 e. The van der Waals surface area contributed by atoms with Crippen LogP contribution in [0, 0.1) is 0 Å². The zero-order valence-electron chi connectivity index (χ0n) is 9.97. The number of thiazole rings is 1. The van der Waals surface area contributed by atoms with Gasteiger partial charge in [0, 0.05) is 15.7 Å². The van der Waals surface area contributed by atoms with Crippen LogP contribution in [0.2, 0.25) is 5.02 Å². The minimum atomic E-state index is 0.760. The highest BCUT2D eigenvalue weighted by atomic mass is 35.5. The summed E-state index contributed by atoms with van der Waals surface area (Å²) < 4.78 is 1.12. The molecule has 2 N–H and O–H groups in total. The topological polar surface area (TPSA) is 38.9 Å². The van der Waals surface area contributed by atoms with E-state index in [1.165, 1.54) is 0 Å². The fourth-order valence-electron chi connectivity index (χ4n) is 1.83. The quantitative estimate of drug-likeness (QED) is 0.557. The molecule has 5 heteroatoms. The van der Waals surface area contributed by atoms with Crippen LogP contribution < -0.4 is 5.73 Å². The fourth-order valence-corrected chi connectivity index (χ4v) is 3.78. The molecule has 0 amide bonds. The molecule has 1 heterocycles. The van der Waals surface area contributed by atoms with Gasteiger partial charge in [-0.2, -0.15) is 0 Å². The maximum atomic E-state index is 6.16. The van der Waals surface area contributed by atoms with Crippen LogP contribution in [0.3, 0.4) is 0 Å². The Labute approximate surface area is 124 Å². The number of thioether (sulfide) groups is 1. The molecule has 2 nitrogen and oxygen atoms in total. The molecule has 0 aliphatic heterocycles. The number of nitrogens with zero attached hydrogens (tertiary/aromatic N) is 1. The van der Waals surface area contributed by atoms with Crippen molar-refractivity contribution >= 4 is 50.6 Å². The van der Waals surface area contributed by atoms with Crippen LogP contribution in [0.1, 0.15) is 5.56 Å². The summed E-state index contributed by atoms with van der Waals surface area (Å²) >= 11 is 9.45. The fraction of sp³-hybridized carbons (Fsp3) is 0.0714. The van der Waals surface area contributed by atoms with Gasteiger partial charge in [-0.25, -0.2) is 4.98 Å². The van der Waals surface area contributed by atoms with Gasteiger partial charge < -0.3 is 5.73 Å². The number of benzene rings is 2. The van der Waals surface area contributed by atoms with Crippen LogP contribution in [-0.4, -0.2) is 4.98 Å². The van der Waals surface area contributed by atoms with Gasteiger partial charge in [-0.1, -0.05) is 29.8 Å². The molecule has 3 rings (SSSR count). The lowest BCUT2D eigenvalue weighted by atomic mass is 10.2. The van der Waals surface area contributed by atoms with E-state index >= 15 is 0 Å². The summed E-state index contributed by atoms with van der Waals surface area (Å²) in [5.41, 5.74) is 10.8. The van der Waals surface area contributed by atoms with Crippen molar-refractivity contribution in [1.29, 1.82) is 0 Å². The summed E-state index contributed by atoms with van der Waals surface area (Å²) in [5.74, 6) is 0.805. The van der Waals surface area contributed by atoms with Gasteiger partial charge >= 0.3 is 0 Å². The molecule has 0 radical (unpaired) electrons. The first-order valence-corrected chi connectivity index (χ1v) is 7.98. The molecule has 0 atom stereocenters. The van der Waals surface area contributed by atoms with E-state index in [-0.39, 0.29) is 0 Å². The van der Waals surface area contributed by atoms with Crippen LogP contribution in [0.4, 0.5) is 5.69 Å². The van der Waals surface area contributed by atoms with Gasteiger partial charge in [-0.05, 0) is 23.8 Å². The summed E-state index contributed by atoms with van der Waals surface area (Å²) in [5, 5.41) is 0.795. The molecular formula is C14H11ClN2S2. The van der Waals surface area contributed by atoms with E-state index in [0.29, 0.717) is 0 Å². The molecule has 0 bridgehead atoms. The Balaban J connectivity index is 1.86. The summed E-state index contributed by atoms with van der Waals surface area (Å²) in [6.45, 7) is 0. The van der Waals surface area contributed by atoms with Crippen molar-refractivity contribution in [3.05, 3.63) is 52.5 Å². The number of fused-ring (bicyclic) bond motifs is 1. The predicted molar refractivity (Wildman–Crippen MR) is 85.0 cm³/mol. The second kappa shape index (κ2) is 5.41. The standard InChI is InChI=1S/C14H11ClN2S2/c15-10-4-2-1-3-9(10)7-18-11-5-6-12-14(13(11)16)17-8-19-12/h1-6,8H,7,16H2. The maximum absolute atomic E-state index is 6.16. The Morgan fingerprint density at radius 1 is 1.21 bits per heavy atom. The zero-order valence-corrected chi connectivity index (χ0v) is 12.4. The van der Waals surface area contributed by atoms with Gasteiger partial charge in [0.15, 0.2) is 0 Å². The van der Waals surface area contributed by atoms with E-state index in [4.69, 9.17) is 17.3 Å². The Kier molecular flexibility index (Phi) is 3.64. The number of nitrogens with two attached hydrogens (primary N) is 1. The monoisotopic (exact) mass is 306 g/mol. The van der Waals surface area contributed by atoms with Gasteiger partial charge in [0.2, 0.25) is 0 Å². The molecule has 19 heavy (non-hydrogen) atoms. The third kappa shape index (κ3) is 2.56. The molecule has 0 saturated heterocycles. The second-order valence-electron chi connectivity index (χ2n) is 4.06. The SMILES string of the molecule is Nc1c(SCc2ccccc2Cl)ccc2scnc12. The summed E-state index contributed by atoms with van der Waals surface area (Å²) in [7, 11) is 0. The van der Waals surface area contributed by atoms with E-state index in [0.717, 1.165) is 37.1 Å². The smallest absolute Gasteiger partial charge is 0.105 e. The minimum Gasteiger partial charge on any atom is -0.396 e. The average Bonchev–Trinajstić information content (AvgIpc) is 2.89. The summed E-state index contributed by atoms with van der Waals surface area (Å²) in [4.78, 5) is 5.36.